The fourth-order valence-electron chi connectivity index (χ4n) is 3.84. The lowest BCUT2D eigenvalue weighted by atomic mass is 9.94. The van der Waals surface area contributed by atoms with E-state index in [0.717, 1.165) is 69.9 Å². The highest BCUT2D eigenvalue weighted by molar-refractivity contribution is 7.09. The minimum atomic E-state index is 0.159. The molecule has 7 heteroatoms. The molecule has 0 saturated carbocycles. The summed E-state index contributed by atoms with van der Waals surface area (Å²) in [5, 5.41) is 10.2. The van der Waals surface area contributed by atoms with Crippen molar-refractivity contribution in [3.63, 3.8) is 0 Å². The number of hydrogen-bond acceptors (Lipinski definition) is 5. The molecule has 140 valence electrons. The Morgan fingerprint density at radius 2 is 2.15 bits per heavy atom. The number of nitrogens with zero attached hydrogens (tertiary/aromatic N) is 4. The number of carbonyl (C=O) groups excluding carboxylic acids is 1. The summed E-state index contributed by atoms with van der Waals surface area (Å²) in [6, 6.07) is 4.26. The first kappa shape index (κ1) is 17.7. The number of fused-ring (bicyclic) bond motifs is 1. The number of rotatable bonds is 5. The average Bonchev–Trinajstić information content (AvgIpc) is 3.31. The van der Waals surface area contributed by atoms with Gasteiger partial charge in [0.05, 0.1) is 17.5 Å². The molecule has 1 fully saturated rings. The number of thiophene rings is 1. The fourth-order valence-corrected chi connectivity index (χ4v) is 4.52. The van der Waals surface area contributed by atoms with E-state index in [9.17, 15) is 4.79 Å². The minimum absolute atomic E-state index is 0.159. The maximum absolute atomic E-state index is 13.0. The summed E-state index contributed by atoms with van der Waals surface area (Å²) >= 11 is 1.79. The third kappa shape index (κ3) is 3.84. The van der Waals surface area contributed by atoms with Crippen molar-refractivity contribution in [3.05, 3.63) is 39.8 Å². The highest BCUT2D eigenvalue weighted by Crippen LogP contribution is 2.24. The number of aromatic nitrogens is 2. The van der Waals surface area contributed by atoms with E-state index in [2.05, 4.69) is 39.9 Å². The van der Waals surface area contributed by atoms with Crippen LogP contribution in [0.5, 0.6) is 0 Å². The van der Waals surface area contributed by atoms with Crippen LogP contribution in [0, 0.1) is 5.92 Å². The normalized spacial score (nSPS) is 21.0. The molecule has 0 aliphatic carbocycles. The molecule has 0 bridgehead atoms. The number of nitrogens with one attached hydrogen (secondary N) is 1. The first-order valence-electron chi connectivity index (χ1n) is 9.46. The van der Waals surface area contributed by atoms with Crippen LogP contribution >= 0.6 is 11.3 Å². The van der Waals surface area contributed by atoms with E-state index in [-0.39, 0.29) is 5.91 Å². The second-order valence-electron chi connectivity index (χ2n) is 7.39. The maximum Gasteiger partial charge on any atom is 0.257 e. The number of carbonyl (C=O) groups is 1. The molecule has 4 heterocycles. The highest BCUT2D eigenvalue weighted by atomic mass is 32.1. The average molecular weight is 374 g/mol. The van der Waals surface area contributed by atoms with Crippen LogP contribution in [0.4, 0.5) is 0 Å². The Hall–Kier alpha value is -1.70. The van der Waals surface area contributed by atoms with Gasteiger partial charge in [0.25, 0.3) is 5.91 Å². The Labute approximate surface area is 158 Å². The smallest absolute Gasteiger partial charge is 0.257 e. The van der Waals surface area contributed by atoms with Crippen LogP contribution < -0.4 is 5.32 Å². The second kappa shape index (κ2) is 7.90. The van der Waals surface area contributed by atoms with Gasteiger partial charge in [0.1, 0.15) is 0 Å². The third-order valence-corrected chi connectivity index (χ3v) is 6.39. The van der Waals surface area contributed by atoms with Crippen molar-refractivity contribution in [2.75, 3.05) is 39.8 Å². The molecule has 2 aromatic rings. The summed E-state index contributed by atoms with van der Waals surface area (Å²) < 4.78 is 2.04. The van der Waals surface area contributed by atoms with Gasteiger partial charge < -0.3 is 15.1 Å². The molecule has 1 N–H and O–H groups in total. The maximum atomic E-state index is 13.0. The zero-order valence-corrected chi connectivity index (χ0v) is 16.2. The van der Waals surface area contributed by atoms with Gasteiger partial charge >= 0.3 is 0 Å². The van der Waals surface area contributed by atoms with Crippen LogP contribution in [0.25, 0.3) is 0 Å². The zero-order chi connectivity index (χ0) is 17.9. The third-order valence-electron chi connectivity index (χ3n) is 5.51. The molecular formula is C19H27N5OS. The van der Waals surface area contributed by atoms with E-state index in [4.69, 9.17) is 0 Å². The second-order valence-corrected chi connectivity index (χ2v) is 8.42. The van der Waals surface area contributed by atoms with E-state index in [1.165, 1.54) is 4.88 Å². The molecule has 1 atom stereocenters. The molecule has 2 aliphatic rings. The summed E-state index contributed by atoms with van der Waals surface area (Å²) in [6.07, 6.45) is 3.85. The van der Waals surface area contributed by atoms with Gasteiger partial charge in [-0.1, -0.05) is 6.07 Å². The highest BCUT2D eigenvalue weighted by Gasteiger charge is 2.28. The van der Waals surface area contributed by atoms with Crippen molar-refractivity contribution in [2.24, 2.45) is 5.92 Å². The van der Waals surface area contributed by atoms with Crippen molar-refractivity contribution < 1.29 is 4.79 Å². The van der Waals surface area contributed by atoms with Gasteiger partial charge in [-0.2, -0.15) is 5.10 Å². The molecule has 4 rings (SSSR count). The Bertz CT molecular complexity index is 733. The molecule has 1 saturated heterocycles. The van der Waals surface area contributed by atoms with Crippen LogP contribution in [-0.4, -0.2) is 65.3 Å². The van der Waals surface area contributed by atoms with Crippen molar-refractivity contribution in [3.8, 4) is 0 Å². The first-order valence-corrected chi connectivity index (χ1v) is 10.3. The molecular weight excluding hydrogens is 346 g/mol. The lowest BCUT2D eigenvalue weighted by Crippen LogP contribution is -2.47. The number of piperazine rings is 1. The van der Waals surface area contributed by atoms with Gasteiger partial charge in [-0.05, 0) is 43.8 Å². The SMILES string of the molecule is CN1CCN(C(=O)c2cnn3c2C[C@H](CNCc2cccs2)CC3)CC1. The number of aryl methyl sites for hydroxylation is 1. The van der Waals surface area contributed by atoms with Crippen LogP contribution in [0.1, 0.15) is 27.3 Å². The molecule has 2 aliphatic heterocycles. The van der Waals surface area contributed by atoms with E-state index in [1.54, 1.807) is 17.5 Å². The van der Waals surface area contributed by atoms with Gasteiger partial charge in [0.2, 0.25) is 0 Å². The fraction of sp³-hybridized carbons (Fsp3) is 0.579. The van der Waals surface area contributed by atoms with E-state index in [0.29, 0.717) is 5.92 Å². The van der Waals surface area contributed by atoms with Crippen LogP contribution in [-0.2, 0) is 19.5 Å². The summed E-state index contributed by atoms with van der Waals surface area (Å²) in [6.45, 7) is 6.36. The van der Waals surface area contributed by atoms with Gasteiger partial charge in [0, 0.05) is 44.1 Å². The summed E-state index contributed by atoms with van der Waals surface area (Å²) in [5.41, 5.74) is 1.95. The van der Waals surface area contributed by atoms with Crippen LogP contribution in [0.15, 0.2) is 23.7 Å². The molecule has 0 spiro atoms. The molecule has 0 aromatic carbocycles. The van der Waals surface area contributed by atoms with E-state index < -0.39 is 0 Å². The van der Waals surface area contributed by atoms with Crippen LogP contribution in [0.2, 0.25) is 0 Å². The largest absolute Gasteiger partial charge is 0.336 e. The molecule has 26 heavy (non-hydrogen) atoms. The lowest BCUT2D eigenvalue weighted by molar-refractivity contribution is 0.0662. The summed E-state index contributed by atoms with van der Waals surface area (Å²) in [4.78, 5) is 18.6. The molecule has 1 amide bonds. The Kier molecular flexibility index (Phi) is 5.38. The van der Waals surface area contributed by atoms with Crippen molar-refractivity contribution in [2.45, 2.75) is 25.9 Å². The van der Waals surface area contributed by atoms with Gasteiger partial charge in [-0.3, -0.25) is 9.48 Å². The van der Waals surface area contributed by atoms with Crippen molar-refractivity contribution >= 4 is 17.2 Å². The zero-order valence-electron chi connectivity index (χ0n) is 15.4. The number of likely N-dealkylation sites (N-methyl/N-ethyl adjacent to an activating group) is 1. The molecule has 2 aromatic heterocycles. The quantitative estimate of drug-likeness (QED) is 0.867. The Morgan fingerprint density at radius 1 is 1.31 bits per heavy atom. The lowest BCUT2D eigenvalue weighted by Gasteiger charge is -2.32. The van der Waals surface area contributed by atoms with E-state index >= 15 is 0 Å². The van der Waals surface area contributed by atoms with Gasteiger partial charge in [-0.25, -0.2) is 0 Å². The Balaban J connectivity index is 1.37. The Morgan fingerprint density at radius 3 is 2.92 bits per heavy atom. The van der Waals surface area contributed by atoms with Crippen LogP contribution in [0.3, 0.4) is 0 Å². The predicted octanol–water partition coefficient (Wildman–Crippen LogP) is 1.68. The summed E-state index contributed by atoms with van der Waals surface area (Å²) in [7, 11) is 2.11. The van der Waals surface area contributed by atoms with Gasteiger partial charge in [0.15, 0.2) is 0 Å². The van der Waals surface area contributed by atoms with Crippen molar-refractivity contribution in [1.82, 2.24) is 24.9 Å². The molecule has 6 nitrogen and oxygen atoms in total. The minimum Gasteiger partial charge on any atom is -0.336 e. The summed E-state index contributed by atoms with van der Waals surface area (Å²) in [5.74, 6) is 0.727. The molecule has 0 radical (unpaired) electrons. The van der Waals surface area contributed by atoms with E-state index in [1.807, 2.05) is 9.58 Å². The van der Waals surface area contributed by atoms with Gasteiger partial charge in [-0.15, -0.1) is 11.3 Å². The first-order chi connectivity index (χ1) is 12.7. The standard InChI is InChI=1S/C19H27N5OS/c1-22-6-8-23(9-7-22)19(25)17-14-21-24-5-4-15(11-18(17)24)12-20-13-16-3-2-10-26-16/h2-3,10,14-15,20H,4-9,11-13H2,1H3/t15-/m1/s1. The monoisotopic (exact) mass is 373 g/mol. The number of hydrogen-bond donors (Lipinski definition) is 1. The van der Waals surface area contributed by atoms with Crippen molar-refractivity contribution in [1.29, 1.82) is 0 Å². The molecule has 0 unspecified atom stereocenters. The predicted molar refractivity (Wildman–Crippen MR) is 103 cm³/mol. The topological polar surface area (TPSA) is 53.4 Å². The number of amides is 1.